The van der Waals surface area contributed by atoms with Crippen molar-refractivity contribution >= 4 is 78.7 Å². The molecule has 61 valence electrons. The zero-order chi connectivity index (χ0) is 7.66. The molecule has 0 amide bonds. The Morgan fingerprint density at radius 3 is 2.20 bits per heavy atom. The van der Waals surface area contributed by atoms with Crippen molar-refractivity contribution in [2.24, 2.45) is 0 Å². The normalized spacial score (nSPS) is 18.9. The van der Waals surface area contributed by atoms with Crippen LogP contribution in [-0.4, -0.2) is 78.7 Å². The second kappa shape index (κ2) is 11.0. The lowest BCUT2D eigenvalue weighted by Crippen LogP contribution is -2.29. The summed E-state index contributed by atoms with van der Waals surface area (Å²) in [5.74, 6) is 0. The van der Waals surface area contributed by atoms with E-state index in [1.165, 1.54) is 0 Å². The Labute approximate surface area is 84.8 Å². The molecule has 0 aliphatic carbocycles. The zero-order valence-corrected chi connectivity index (χ0v) is 20.6. The first-order valence-corrected chi connectivity index (χ1v) is 38.8. The van der Waals surface area contributed by atoms with Gasteiger partial charge in [-0.15, -0.1) is 0 Å². The topological polar surface area (TPSA) is 0 Å². The van der Waals surface area contributed by atoms with Gasteiger partial charge >= 0.3 is 0 Å². The molecule has 0 aromatic rings. The van der Waals surface area contributed by atoms with Crippen LogP contribution >= 0.6 is 0 Å². The van der Waals surface area contributed by atoms with Gasteiger partial charge in [0.25, 0.3) is 0 Å². The van der Waals surface area contributed by atoms with Gasteiger partial charge < -0.3 is 0 Å². The van der Waals surface area contributed by atoms with Gasteiger partial charge in [0.2, 0.25) is 0 Å². The molecule has 0 aliphatic heterocycles. The van der Waals surface area contributed by atoms with Gasteiger partial charge in [0.05, 0.1) is 0 Å². The molecule has 0 aliphatic rings. The average Bonchev–Trinajstić information content (AvgIpc) is 1.97. The maximum Gasteiger partial charge on any atom is 0.00665 e. The van der Waals surface area contributed by atoms with E-state index in [1.807, 2.05) is 0 Å². The maximum absolute atomic E-state index is 2.52. The van der Waals surface area contributed by atoms with Crippen molar-refractivity contribution in [2.75, 3.05) is 0 Å². The predicted octanol–water partition coefficient (Wildman–Crippen LogP) is -7.66. The molecule has 0 bridgehead atoms. The van der Waals surface area contributed by atoms with Gasteiger partial charge in [-0.1, -0.05) is 6.55 Å². The van der Waals surface area contributed by atoms with E-state index in [0.717, 1.165) is 68.9 Å². The van der Waals surface area contributed by atoms with E-state index in [4.69, 9.17) is 0 Å². The minimum Gasteiger partial charge on any atom is -0.0768 e. The highest BCUT2D eigenvalue weighted by molar-refractivity contribution is 7.67. The maximum atomic E-state index is 2.52. The van der Waals surface area contributed by atoms with E-state index in [9.17, 15) is 0 Å². The Bertz CT molecular complexity index is 44.7. The summed E-state index contributed by atoms with van der Waals surface area (Å²) in [6.07, 6.45) is 0. The number of hydrogen-bond acceptors (Lipinski definition) is 0. The zero-order valence-electron chi connectivity index (χ0n) is 7.53. The first-order valence-electron chi connectivity index (χ1n) is 4.69. The van der Waals surface area contributed by atoms with Gasteiger partial charge in [-0.3, -0.25) is 0 Å². The third-order valence-corrected chi connectivity index (χ3v) is 134. The first kappa shape index (κ1) is 12.0. The third kappa shape index (κ3) is 9.95. The van der Waals surface area contributed by atoms with Gasteiger partial charge in [-0.25, -0.2) is 0 Å². The minimum atomic E-state index is 0.764. The van der Waals surface area contributed by atoms with Crippen LogP contribution in [0.15, 0.2) is 0 Å². The van der Waals surface area contributed by atoms with Crippen LogP contribution < -0.4 is 0 Å². The van der Waals surface area contributed by atoms with Crippen LogP contribution in [0.3, 0.4) is 0 Å². The summed E-state index contributed by atoms with van der Waals surface area (Å²) in [7, 11) is 8.70. The quantitative estimate of drug-likeness (QED) is 0.322. The van der Waals surface area contributed by atoms with Crippen LogP contribution in [0, 0.1) is 0 Å². The Morgan fingerprint density at radius 1 is 1.00 bits per heavy atom. The van der Waals surface area contributed by atoms with Gasteiger partial charge in [-0.2, -0.15) is 0 Å². The van der Waals surface area contributed by atoms with Crippen molar-refractivity contribution in [3.8, 4) is 0 Å². The number of hydrogen-bond donors (Lipinski definition) is 0. The lowest BCUT2D eigenvalue weighted by Gasteiger charge is -1.93. The van der Waals surface area contributed by atoms with Crippen molar-refractivity contribution in [1.29, 1.82) is 0 Å². The van der Waals surface area contributed by atoms with Crippen molar-refractivity contribution in [3.63, 3.8) is 0 Å². The number of rotatable bonds is 7. The molecule has 0 saturated heterocycles. The summed E-state index contributed by atoms with van der Waals surface area (Å²) < 4.78 is 0. The fourth-order valence-corrected chi connectivity index (χ4v) is 241. The van der Waals surface area contributed by atoms with Crippen LogP contribution in [0.25, 0.3) is 0 Å². The molecule has 0 rings (SSSR count). The molecule has 0 aromatic heterocycles. The second-order valence-electron chi connectivity index (χ2n) is 2.96. The molecule has 1 radical (unpaired) electrons. The highest BCUT2D eigenvalue weighted by atomic mass is 30.0. The Hall–Kier alpha value is 1.95. The Morgan fingerprint density at radius 2 is 1.60 bits per heavy atom. The molecule has 0 atom stereocenters. The van der Waals surface area contributed by atoms with E-state index < -0.39 is 0 Å². The fourth-order valence-electron chi connectivity index (χ4n) is 1.13. The van der Waals surface area contributed by atoms with Gasteiger partial charge in [0.1, 0.15) is 0 Å². The van der Waals surface area contributed by atoms with Crippen LogP contribution in [0.5, 0.6) is 0 Å². The van der Waals surface area contributed by atoms with Crippen LogP contribution in [0.2, 0.25) is 6.55 Å². The molecular formula is CH21Si9. The van der Waals surface area contributed by atoms with Crippen LogP contribution in [0.1, 0.15) is 0 Å². The fraction of sp³-hybridized carbons (Fsp3) is 1.00. The average molecular weight is 286 g/mol. The van der Waals surface area contributed by atoms with Crippen LogP contribution in [0.4, 0.5) is 0 Å². The molecule has 0 N–H and O–H groups in total. The van der Waals surface area contributed by atoms with Gasteiger partial charge in [-0.05, 0) is 69.6 Å². The molecule has 9 heteroatoms. The molecule has 10 heavy (non-hydrogen) atoms. The molecule has 0 unspecified atom stereocenters. The minimum absolute atomic E-state index is 0.764. The molecule has 0 fully saturated rings. The molecule has 0 nitrogen and oxygen atoms in total. The van der Waals surface area contributed by atoms with Crippen LogP contribution in [-0.2, 0) is 0 Å². The standard InChI is InChI=1S/CH21Si9/c1-3-5-7-9-10-8-6-4-2/h3H,4-10H2,1-2H3. The summed E-state index contributed by atoms with van der Waals surface area (Å²) >= 11 is 0. The lowest BCUT2D eigenvalue weighted by molar-refractivity contribution is 2.37. The Balaban J connectivity index is 2.65. The van der Waals surface area contributed by atoms with Crippen molar-refractivity contribution < 1.29 is 0 Å². The largest absolute Gasteiger partial charge is 0.0768 e. The van der Waals surface area contributed by atoms with E-state index in [0.29, 0.717) is 0 Å². The van der Waals surface area contributed by atoms with Crippen molar-refractivity contribution in [2.45, 2.75) is 6.55 Å². The van der Waals surface area contributed by atoms with Gasteiger partial charge in [0.15, 0.2) is 0 Å². The summed E-state index contributed by atoms with van der Waals surface area (Å²) in [6.45, 7) is 2.52. The SMILES string of the molecule is C[SiH][SiH2][SiH2][SiH2][SiH2][SiH2][SiH2][SiH2][SiH3]. The lowest BCUT2D eigenvalue weighted by atomic mass is 11.9. The van der Waals surface area contributed by atoms with E-state index in [2.05, 4.69) is 6.55 Å². The predicted molar refractivity (Wildman–Crippen MR) is 82.8 cm³/mol. The second-order valence-corrected chi connectivity index (χ2v) is 72.7. The summed E-state index contributed by atoms with van der Waals surface area (Å²) in [4.78, 5) is 0. The van der Waals surface area contributed by atoms with Crippen molar-refractivity contribution in [1.82, 2.24) is 0 Å². The highest BCUT2D eigenvalue weighted by Crippen LogP contribution is 1.56. The van der Waals surface area contributed by atoms with Crippen molar-refractivity contribution in [3.05, 3.63) is 0 Å². The highest BCUT2D eigenvalue weighted by Gasteiger charge is 1.92. The smallest absolute Gasteiger partial charge is 0.00665 e. The van der Waals surface area contributed by atoms with E-state index in [1.54, 1.807) is 9.76 Å². The monoisotopic (exact) mass is 285 g/mol. The molecule has 0 saturated carbocycles. The van der Waals surface area contributed by atoms with Gasteiger partial charge in [0, 0.05) is 9.04 Å². The summed E-state index contributed by atoms with van der Waals surface area (Å²) in [5, 5.41) is 0. The molecular weight excluding hydrogens is 265 g/mol. The third-order valence-electron chi connectivity index (χ3n) is 1.85. The molecule has 0 heterocycles. The summed E-state index contributed by atoms with van der Waals surface area (Å²) in [6, 6.07) is 0. The van der Waals surface area contributed by atoms with E-state index >= 15 is 0 Å². The van der Waals surface area contributed by atoms with E-state index in [-0.39, 0.29) is 0 Å². The Kier molecular flexibility index (Phi) is 13.1. The summed E-state index contributed by atoms with van der Waals surface area (Å²) in [5.41, 5.74) is 0. The molecule has 0 spiro atoms. The first-order chi connectivity index (χ1) is 4.91. The molecule has 0 aromatic carbocycles.